The molecule has 0 bridgehead atoms. The molecule has 0 aromatic rings. The second-order valence-corrected chi connectivity index (χ2v) is 6.57. The van der Waals surface area contributed by atoms with Crippen LogP contribution in [0, 0.1) is 0 Å². The summed E-state index contributed by atoms with van der Waals surface area (Å²) in [6.45, 7) is 1.86. The van der Waals surface area contributed by atoms with Crippen molar-refractivity contribution in [3.63, 3.8) is 0 Å². The van der Waals surface area contributed by atoms with E-state index < -0.39 is 30.4 Å². The topological polar surface area (TPSA) is 107 Å². The monoisotopic (exact) mass is 344 g/mol. The van der Waals surface area contributed by atoms with Crippen molar-refractivity contribution in [1.29, 1.82) is 0 Å². The second-order valence-electron chi connectivity index (χ2n) is 6.57. The van der Waals surface area contributed by atoms with Gasteiger partial charge in [0.25, 0.3) is 0 Å². The molecule has 4 N–H and O–H groups in total. The number of carboxylic acids is 1. The lowest BCUT2D eigenvalue weighted by molar-refractivity contribution is -0.137. The summed E-state index contributed by atoms with van der Waals surface area (Å²) < 4.78 is 5.75. The zero-order valence-corrected chi connectivity index (χ0v) is 14.5. The molecule has 1 heterocycles. The first-order valence-corrected chi connectivity index (χ1v) is 9.03. The van der Waals surface area contributed by atoms with Crippen LogP contribution in [0.5, 0.6) is 0 Å². The Morgan fingerprint density at radius 1 is 1.17 bits per heavy atom. The Morgan fingerprint density at radius 2 is 1.83 bits per heavy atom. The van der Waals surface area contributed by atoms with Gasteiger partial charge in [0.2, 0.25) is 0 Å². The van der Waals surface area contributed by atoms with E-state index in [0.717, 1.165) is 32.1 Å². The predicted octanol–water partition coefficient (Wildman–Crippen LogP) is 2.01. The van der Waals surface area contributed by atoms with Crippen LogP contribution < -0.4 is 0 Å². The maximum absolute atomic E-state index is 10.4. The minimum Gasteiger partial charge on any atom is -0.481 e. The highest BCUT2D eigenvalue weighted by Gasteiger charge is 2.36. The highest BCUT2D eigenvalue weighted by molar-refractivity contribution is 5.66. The van der Waals surface area contributed by atoms with Crippen molar-refractivity contribution in [3.8, 4) is 0 Å². The summed E-state index contributed by atoms with van der Waals surface area (Å²) >= 11 is 0. The Balaban J connectivity index is 2.19. The van der Waals surface area contributed by atoms with Gasteiger partial charge in [0, 0.05) is 12.8 Å². The molecule has 0 unspecified atom stereocenters. The Bertz CT molecular complexity index is 384. The average molecular weight is 344 g/mol. The first kappa shape index (κ1) is 21.1. The number of rotatable bonds is 12. The van der Waals surface area contributed by atoms with Crippen molar-refractivity contribution in [2.75, 3.05) is 0 Å². The van der Waals surface area contributed by atoms with Gasteiger partial charge in [0.15, 0.2) is 0 Å². The number of ether oxygens (including phenoxy) is 1. The largest absolute Gasteiger partial charge is 0.481 e. The van der Waals surface area contributed by atoms with Gasteiger partial charge in [-0.25, -0.2) is 0 Å². The van der Waals surface area contributed by atoms with Gasteiger partial charge >= 0.3 is 5.97 Å². The van der Waals surface area contributed by atoms with Crippen molar-refractivity contribution < 1.29 is 30.0 Å². The molecule has 1 fully saturated rings. The van der Waals surface area contributed by atoms with Gasteiger partial charge in [0.1, 0.15) is 0 Å². The molecule has 0 aromatic carbocycles. The van der Waals surface area contributed by atoms with Crippen LogP contribution in [-0.4, -0.2) is 56.9 Å². The molecule has 140 valence electrons. The summed E-state index contributed by atoms with van der Waals surface area (Å²) in [7, 11) is 0. The van der Waals surface area contributed by atoms with Crippen LogP contribution in [-0.2, 0) is 9.53 Å². The van der Waals surface area contributed by atoms with Gasteiger partial charge in [-0.05, 0) is 19.3 Å². The third-order valence-corrected chi connectivity index (χ3v) is 4.46. The fraction of sp³-hybridized carbons (Fsp3) is 0.833. The first-order chi connectivity index (χ1) is 11.4. The number of carbonyl (C=O) groups is 1. The van der Waals surface area contributed by atoms with E-state index in [-0.39, 0.29) is 12.5 Å². The molecule has 1 saturated heterocycles. The highest BCUT2D eigenvalue weighted by atomic mass is 16.5. The van der Waals surface area contributed by atoms with E-state index in [0.29, 0.717) is 19.3 Å². The van der Waals surface area contributed by atoms with E-state index in [2.05, 4.69) is 0 Å². The van der Waals surface area contributed by atoms with Crippen LogP contribution in [0.15, 0.2) is 12.2 Å². The molecule has 5 atom stereocenters. The summed E-state index contributed by atoms with van der Waals surface area (Å²) in [5.74, 6) is -0.748. The molecule has 0 saturated carbocycles. The summed E-state index contributed by atoms with van der Waals surface area (Å²) in [4.78, 5) is 10.4. The van der Waals surface area contributed by atoms with Gasteiger partial charge in [-0.3, -0.25) is 4.79 Å². The third-order valence-electron chi connectivity index (χ3n) is 4.46. The van der Waals surface area contributed by atoms with Crippen molar-refractivity contribution in [2.24, 2.45) is 0 Å². The van der Waals surface area contributed by atoms with Crippen molar-refractivity contribution in [1.82, 2.24) is 0 Å². The van der Waals surface area contributed by atoms with Crippen LogP contribution in [0.25, 0.3) is 0 Å². The van der Waals surface area contributed by atoms with E-state index in [1.165, 1.54) is 6.08 Å². The predicted molar refractivity (Wildman–Crippen MR) is 90.7 cm³/mol. The van der Waals surface area contributed by atoms with Crippen molar-refractivity contribution >= 4 is 5.97 Å². The normalized spacial score (nSPS) is 26.8. The molecule has 0 spiro atoms. The Morgan fingerprint density at radius 3 is 2.50 bits per heavy atom. The molecule has 24 heavy (non-hydrogen) atoms. The molecule has 1 aliphatic heterocycles. The summed E-state index contributed by atoms with van der Waals surface area (Å²) in [6, 6.07) is 0. The summed E-state index contributed by atoms with van der Waals surface area (Å²) in [6.07, 6.45) is 6.93. The lowest BCUT2D eigenvalue weighted by Crippen LogP contribution is -2.25. The van der Waals surface area contributed by atoms with Gasteiger partial charge in [-0.2, -0.15) is 0 Å². The molecular formula is C18H32O6. The number of carboxylic acid groups (broad SMARTS) is 1. The number of aliphatic hydroxyl groups excluding tert-OH is 3. The minimum absolute atomic E-state index is 0.226. The van der Waals surface area contributed by atoms with E-state index in [4.69, 9.17) is 9.84 Å². The number of aliphatic carboxylic acids is 1. The molecule has 1 rings (SSSR count). The van der Waals surface area contributed by atoms with Gasteiger partial charge < -0.3 is 25.2 Å². The smallest absolute Gasteiger partial charge is 0.303 e. The molecule has 6 heteroatoms. The van der Waals surface area contributed by atoms with Gasteiger partial charge in [-0.15, -0.1) is 0 Å². The van der Waals surface area contributed by atoms with E-state index in [1.54, 1.807) is 6.08 Å². The standard InChI is InChI=1S/C18H32O6/c1-2-13(19)10-11-14(20)17-12-15(21)16(24-17)8-6-4-3-5-7-9-18(22)23/h10-11,13-17,19-21H,2-9,12H2,1H3,(H,22,23)/b11-10+/t13-,14-,15+,16+,17+/m1/s1. The lowest BCUT2D eigenvalue weighted by Gasteiger charge is -2.17. The molecule has 0 aromatic heterocycles. The van der Waals surface area contributed by atoms with Gasteiger partial charge in [-0.1, -0.05) is 44.8 Å². The van der Waals surface area contributed by atoms with Crippen LogP contribution in [0.1, 0.15) is 64.7 Å². The number of hydrogen-bond acceptors (Lipinski definition) is 5. The van der Waals surface area contributed by atoms with Crippen LogP contribution in [0.3, 0.4) is 0 Å². The maximum atomic E-state index is 10.4. The molecule has 0 amide bonds. The van der Waals surface area contributed by atoms with Gasteiger partial charge in [0.05, 0.1) is 30.5 Å². The number of hydrogen-bond donors (Lipinski definition) is 4. The maximum Gasteiger partial charge on any atom is 0.303 e. The third kappa shape index (κ3) is 8.24. The fourth-order valence-electron chi connectivity index (χ4n) is 2.90. The average Bonchev–Trinajstić information content (AvgIpc) is 2.92. The van der Waals surface area contributed by atoms with E-state index in [1.807, 2.05) is 6.92 Å². The number of unbranched alkanes of at least 4 members (excludes halogenated alkanes) is 4. The van der Waals surface area contributed by atoms with Crippen LogP contribution in [0.2, 0.25) is 0 Å². The SMILES string of the molecule is CC[C@@H](O)/C=C/[C@@H](O)[C@@H]1C[C@H](O)[C@H](CCCCCCCC(=O)O)O1. The Kier molecular flexibility index (Phi) is 10.2. The molecule has 0 aliphatic carbocycles. The van der Waals surface area contributed by atoms with E-state index in [9.17, 15) is 20.1 Å². The lowest BCUT2D eigenvalue weighted by atomic mass is 10.0. The van der Waals surface area contributed by atoms with Crippen molar-refractivity contribution in [2.45, 2.75) is 95.2 Å². The quantitative estimate of drug-likeness (QED) is 0.319. The fourth-order valence-corrected chi connectivity index (χ4v) is 2.90. The molecular weight excluding hydrogens is 312 g/mol. The van der Waals surface area contributed by atoms with E-state index >= 15 is 0 Å². The van der Waals surface area contributed by atoms with Crippen molar-refractivity contribution in [3.05, 3.63) is 12.2 Å². The molecule has 6 nitrogen and oxygen atoms in total. The zero-order chi connectivity index (χ0) is 17.9. The minimum atomic E-state index is -0.818. The highest BCUT2D eigenvalue weighted by Crippen LogP contribution is 2.27. The number of aliphatic hydroxyl groups is 3. The molecule has 1 aliphatic rings. The summed E-state index contributed by atoms with van der Waals surface area (Å²) in [5, 5.41) is 38.1. The Labute approximate surface area is 144 Å². The Hall–Kier alpha value is -0.950. The molecule has 0 radical (unpaired) electrons. The van der Waals surface area contributed by atoms with Crippen LogP contribution >= 0.6 is 0 Å². The first-order valence-electron chi connectivity index (χ1n) is 9.03. The zero-order valence-electron chi connectivity index (χ0n) is 14.5. The van der Waals surface area contributed by atoms with Crippen LogP contribution in [0.4, 0.5) is 0 Å². The second kappa shape index (κ2) is 11.6. The summed E-state index contributed by atoms with van der Waals surface area (Å²) in [5.41, 5.74) is 0.